The van der Waals surface area contributed by atoms with Crippen molar-refractivity contribution in [3.8, 4) is 5.75 Å². The number of ketones is 1. The van der Waals surface area contributed by atoms with Gasteiger partial charge in [-0.3, -0.25) is 19.4 Å². The summed E-state index contributed by atoms with van der Waals surface area (Å²) >= 11 is 1.48. The second-order valence-electron chi connectivity index (χ2n) is 9.57. The number of likely N-dealkylation sites (tertiary alicyclic amines) is 1. The van der Waals surface area contributed by atoms with E-state index in [4.69, 9.17) is 4.74 Å². The van der Waals surface area contributed by atoms with Crippen LogP contribution in [-0.2, 0) is 4.79 Å². The molecule has 0 unspecified atom stereocenters. The summed E-state index contributed by atoms with van der Waals surface area (Å²) in [5, 5.41) is 8.88. The van der Waals surface area contributed by atoms with Crippen molar-refractivity contribution < 1.29 is 19.1 Å². The second kappa shape index (κ2) is 12.2. The molecule has 3 heterocycles. The predicted octanol–water partition coefficient (Wildman–Crippen LogP) is 4.12. The third-order valence-electron chi connectivity index (χ3n) is 7.00. The number of benzene rings is 2. The van der Waals surface area contributed by atoms with Crippen molar-refractivity contribution in [3.63, 3.8) is 0 Å². The van der Waals surface area contributed by atoms with Gasteiger partial charge >= 0.3 is 0 Å². The first-order valence-corrected chi connectivity index (χ1v) is 14.0. The Morgan fingerprint density at radius 2 is 1.90 bits per heavy atom. The number of hydrogen-bond acceptors (Lipinski definition) is 8. The Morgan fingerprint density at radius 1 is 1.10 bits per heavy atom. The number of Topliss-reactive ketones (excluding diaryl/α,β-unsaturated/α-hetero) is 1. The molecule has 39 heavy (non-hydrogen) atoms. The molecule has 2 aliphatic rings. The van der Waals surface area contributed by atoms with Crippen molar-refractivity contribution in [2.24, 2.45) is 4.99 Å². The minimum absolute atomic E-state index is 0.00415. The van der Waals surface area contributed by atoms with Crippen LogP contribution in [0.3, 0.4) is 0 Å². The molecule has 3 aromatic rings. The van der Waals surface area contributed by atoms with Gasteiger partial charge in [-0.1, -0.05) is 12.1 Å². The van der Waals surface area contributed by atoms with Crippen molar-refractivity contribution in [3.05, 3.63) is 75.7 Å². The van der Waals surface area contributed by atoms with E-state index in [0.29, 0.717) is 35.8 Å². The Kier molecular flexibility index (Phi) is 8.31. The minimum atomic E-state index is -0.245. The number of hydrogen-bond donors (Lipinski definition) is 2. The number of carbonyl (C=O) groups is 3. The van der Waals surface area contributed by atoms with Crippen LogP contribution in [0.5, 0.6) is 5.75 Å². The molecule has 5 rings (SSSR count). The van der Waals surface area contributed by atoms with Crippen molar-refractivity contribution >= 4 is 40.5 Å². The van der Waals surface area contributed by atoms with Gasteiger partial charge in [0.05, 0.1) is 18.7 Å². The molecule has 2 aliphatic heterocycles. The summed E-state index contributed by atoms with van der Waals surface area (Å²) in [5.41, 5.74) is 2.61. The Bertz CT molecular complexity index is 1380. The molecule has 1 aromatic heterocycles. The molecule has 0 spiro atoms. The lowest BCUT2D eigenvalue weighted by atomic mass is 9.97. The fraction of sp³-hybridized carbons (Fsp3) is 0.345. The summed E-state index contributed by atoms with van der Waals surface area (Å²) in [6, 6.07) is 14.5. The summed E-state index contributed by atoms with van der Waals surface area (Å²) < 4.78 is 5.12. The lowest BCUT2D eigenvalue weighted by Gasteiger charge is -2.31. The number of thiazole rings is 1. The Labute approximate surface area is 231 Å². The first-order chi connectivity index (χ1) is 19.0. The standard InChI is InChI=1S/C29H31N5O4S/c1-38-23-7-5-19(6-8-23)25(35)9-10-26(36)34-15-11-20(12-16-34)29-33-24(18-39-29)28(37)32-22-4-2-3-21(17-22)27-30-13-14-31-27/h2-8,17-18,20H,9-16H2,1H3,(H,30,31)(H,32,37). The van der Waals surface area contributed by atoms with Crippen LogP contribution in [0.1, 0.15) is 63.0 Å². The second-order valence-corrected chi connectivity index (χ2v) is 10.5. The van der Waals surface area contributed by atoms with E-state index < -0.39 is 0 Å². The van der Waals surface area contributed by atoms with Gasteiger partial charge in [0.15, 0.2) is 5.78 Å². The van der Waals surface area contributed by atoms with Crippen LogP contribution in [0.15, 0.2) is 58.9 Å². The maximum absolute atomic E-state index is 12.8. The van der Waals surface area contributed by atoms with Gasteiger partial charge in [-0.2, -0.15) is 0 Å². The van der Waals surface area contributed by atoms with E-state index in [9.17, 15) is 14.4 Å². The van der Waals surface area contributed by atoms with Gasteiger partial charge in [0, 0.05) is 60.6 Å². The lowest BCUT2D eigenvalue weighted by molar-refractivity contribution is -0.132. The molecule has 2 amide bonds. The zero-order chi connectivity index (χ0) is 27.2. The molecule has 0 radical (unpaired) electrons. The van der Waals surface area contributed by atoms with Crippen LogP contribution in [-0.4, -0.2) is 66.6 Å². The molecular formula is C29H31N5O4S. The molecule has 2 aromatic carbocycles. The van der Waals surface area contributed by atoms with E-state index in [2.05, 4.69) is 20.6 Å². The number of carbonyl (C=O) groups excluding carboxylic acids is 3. The number of ether oxygens (including phenoxy) is 1. The van der Waals surface area contributed by atoms with Gasteiger partial charge in [-0.25, -0.2) is 4.98 Å². The van der Waals surface area contributed by atoms with Gasteiger partial charge in [0.1, 0.15) is 17.3 Å². The summed E-state index contributed by atoms with van der Waals surface area (Å²) in [7, 11) is 1.58. The zero-order valence-electron chi connectivity index (χ0n) is 21.8. The number of anilines is 1. The maximum Gasteiger partial charge on any atom is 0.275 e. The highest BCUT2D eigenvalue weighted by atomic mass is 32.1. The average molecular weight is 546 g/mol. The Hall–Kier alpha value is -4.05. The summed E-state index contributed by atoms with van der Waals surface area (Å²) in [5.74, 6) is 1.44. The lowest BCUT2D eigenvalue weighted by Crippen LogP contribution is -2.38. The normalized spacial score (nSPS) is 15.4. The van der Waals surface area contributed by atoms with Gasteiger partial charge in [0.2, 0.25) is 5.91 Å². The maximum atomic E-state index is 12.8. The number of amidine groups is 1. The molecule has 9 nitrogen and oxygen atoms in total. The van der Waals surface area contributed by atoms with Crippen LogP contribution in [0.4, 0.5) is 5.69 Å². The summed E-state index contributed by atoms with van der Waals surface area (Å²) in [4.78, 5) is 48.9. The van der Waals surface area contributed by atoms with E-state index in [0.717, 1.165) is 42.3 Å². The SMILES string of the molecule is COc1ccc(C(=O)CCC(=O)N2CCC(c3nc(C(=O)Nc4cccc(C5=NCCN5)c4)cs3)CC2)cc1. The molecule has 0 aliphatic carbocycles. The first-order valence-electron chi connectivity index (χ1n) is 13.1. The first kappa shape index (κ1) is 26.6. The van der Waals surface area contributed by atoms with Crippen molar-refractivity contribution in [2.45, 2.75) is 31.6 Å². The molecule has 10 heteroatoms. The number of rotatable bonds is 9. The van der Waals surface area contributed by atoms with E-state index in [1.54, 1.807) is 36.8 Å². The molecule has 1 fully saturated rings. The third kappa shape index (κ3) is 6.51. The number of aromatic nitrogens is 1. The van der Waals surface area contributed by atoms with E-state index in [1.165, 1.54) is 11.3 Å². The third-order valence-corrected chi connectivity index (χ3v) is 8.00. The highest BCUT2D eigenvalue weighted by Crippen LogP contribution is 2.31. The number of nitrogens with zero attached hydrogens (tertiary/aromatic N) is 3. The quantitative estimate of drug-likeness (QED) is 0.391. The number of nitrogens with one attached hydrogen (secondary N) is 2. The van der Waals surface area contributed by atoms with Crippen molar-refractivity contribution in [1.82, 2.24) is 15.2 Å². The number of piperidine rings is 1. The summed E-state index contributed by atoms with van der Waals surface area (Å²) in [6.07, 6.45) is 1.94. The zero-order valence-corrected chi connectivity index (χ0v) is 22.6. The largest absolute Gasteiger partial charge is 0.497 e. The van der Waals surface area contributed by atoms with Gasteiger partial charge in [-0.05, 0) is 49.2 Å². The minimum Gasteiger partial charge on any atom is -0.497 e. The highest BCUT2D eigenvalue weighted by molar-refractivity contribution is 7.10. The van der Waals surface area contributed by atoms with Crippen LogP contribution in [0, 0.1) is 0 Å². The van der Waals surface area contributed by atoms with E-state index >= 15 is 0 Å². The molecule has 202 valence electrons. The fourth-order valence-corrected chi connectivity index (χ4v) is 5.76. The van der Waals surface area contributed by atoms with Crippen LogP contribution in [0.25, 0.3) is 0 Å². The summed E-state index contributed by atoms with van der Waals surface area (Å²) in [6.45, 7) is 2.81. The van der Waals surface area contributed by atoms with Gasteiger partial charge < -0.3 is 20.3 Å². The topological polar surface area (TPSA) is 113 Å². The van der Waals surface area contributed by atoms with E-state index in [-0.39, 0.29) is 36.4 Å². The van der Waals surface area contributed by atoms with Gasteiger partial charge in [0.25, 0.3) is 5.91 Å². The van der Waals surface area contributed by atoms with E-state index in [1.807, 2.05) is 29.2 Å². The molecule has 0 saturated carbocycles. The van der Waals surface area contributed by atoms with Crippen LogP contribution in [0.2, 0.25) is 0 Å². The van der Waals surface area contributed by atoms with Crippen LogP contribution < -0.4 is 15.4 Å². The average Bonchev–Trinajstić information content (AvgIpc) is 3.69. The van der Waals surface area contributed by atoms with Crippen molar-refractivity contribution in [1.29, 1.82) is 0 Å². The van der Waals surface area contributed by atoms with Gasteiger partial charge in [-0.15, -0.1) is 11.3 Å². The monoisotopic (exact) mass is 545 g/mol. The Balaban J connectivity index is 1.09. The molecule has 0 atom stereocenters. The smallest absolute Gasteiger partial charge is 0.275 e. The number of aliphatic imine (C=N–C) groups is 1. The molecule has 0 bridgehead atoms. The van der Waals surface area contributed by atoms with Crippen molar-refractivity contribution in [2.75, 3.05) is 38.6 Å². The Morgan fingerprint density at radius 3 is 2.62 bits per heavy atom. The predicted molar refractivity (Wildman–Crippen MR) is 151 cm³/mol. The molecule has 1 saturated heterocycles. The number of amides is 2. The fourth-order valence-electron chi connectivity index (χ4n) is 4.79. The van der Waals surface area contributed by atoms with Crippen LogP contribution >= 0.6 is 11.3 Å². The number of methoxy groups -OCH3 is 1. The molecular weight excluding hydrogens is 514 g/mol. The highest BCUT2D eigenvalue weighted by Gasteiger charge is 2.26. The molecule has 2 N–H and O–H groups in total.